The van der Waals surface area contributed by atoms with E-state index in [1.165, 1.54) is 11.1 Å². The summed E-state index contributed by atoms with van der Waals surface area (Å²) in [5.41, 5.74) is 3.56. The van der Waals surface area contributed by atoms with Crippen LogP contribution in [-0.4, -0.2) is 18.2 Å². The summed E-state index contributed by atoms with van der Waals surface area (Å²) in [5.74, 6) is 0.678. The van der Waals surface area contributed by atoms with Crippen LogP contribution in [0.4, 0.5) is 0 Å². The van der Waals surface area contributed by atoms with Crippen molar-refractivity contribution in [3.63, 3.8) is 0 Å². The molecular formula is C17H20N2O2. The van der Waals surface area contributed by atoms with Crippen molar-refractivity contribution in [2.24, 2.45) is 0 Å². The lowest BCUT2D eigenvalue weighted by atomic mass is 9.99. The highest BCUT2D eigenvalue weighted by Crippen LogP contribution is 2.24. The molecule has 21 heavy (non-hydrogen) atoms. The van der Waals surface area contributed by atoms with Crippen LogP contribution in [-0.2, 0) is 17.9 Å². The van der Waals surface area contributed by atoms with Crippen molar-refractivity contribution < 1.29 is 9.47 Å². The van der Waals surface area contributed by atoms with Gasteiger partial charge in [0.2, 0.25) is 5.88 Å². The summed E-state index contributed by atoms with van der Waals surface area (Å²) in [6, 6.07) is 14.5. The highest BCUT2D eigenvalue weighted by atomic mass is 16.5. The van der Waals surface area contributed by atoms with Gasteiger partial charge in [-0.05, 0) is 24.1 Å². The molecule has 0 unspecified atom stereocenters. The first-order valence-electron chi connectivity index (χ1n) is 7.34. The fourth-order valence-electron chi connectivity index (χ4n) is 2.56. The largest absolute Gasteiger partial charge is 0.478 e. The molecule has 0 bridgehead atoms. The van der Waals surface area contributed by atoms with Crippen molar-refractivity contribution in [3.8, 4) is 5.88 Å². The SMILES string of the molecule is CCOc1cccc(CN[C@H]2COCc3ccccc32)n1. The summed E-state index contributed by atoms with van der Waals surface area (Å²) >= 11 is 0. The molecule has 4 heteroatoms. The quantitative estimate of drug-likeness (QED) is 0.917. The van der Waals surface area contributed by atoms with Gasteiger partial charge in [-0.3, -0.25) is 0 Å². The third kappa shape index (κ3) is 3.40. The Labute approximate surface area is 125 Å². The van der Waals surface area contributed by atoms with Gasteiger partial charge in [-0.25, -0.2) is 4.98 Å². The van der Waals surface area contributed by atoms with Crippen LogP contribution in [0.3, 0.4) is 0 Å². The van der Waals surface area contributed by atoms with Crippen LogP contribution in [0.1, 0.15) is 29.8 Å². The highest BCUT2D eigenvalue weighted by molar-refractivity contribution is 5.31. The van der Waals surface area contributed by atoms with Crippen LogP contribution in [0, 0.1) is 0 Å². The van der Waals surface area contributed by atoms with E-state index in [4.69, 9.17) is 9.47 Å². The molecule has 110 valence electrons. The molecule has 4 nitrogen and oxygen atoms in total. The number of hydrogen-bond donors (Lipinski definition) is 1. The Morgan fingerprint density at radius 2 is 2.14 bits per heavy atom. The second-order valence-corrected chi connectivity index (χ2v) is 5.05. The summed E-state index contributed by atoms with van der Waals surface area (Å²) in [6.45, 7) is 4.69. The standard InChI is InChI=1S/C17H20N2O2/c1-2-21-17-9-5-7-14(19-17)10-18-16-12-20-11-13-6-3-4-8-15(13)16/h3-9,16,18H,2,10-12H2,1H3/t16-/m0/s1. The number of ether oxygens (including phenoxy) is 2. The fourth-order valence-corrected chi connectivity index (χ4v) is 2.56. The van der Waals surface area contributed by atoms with Crippen molar-refractivity contribution in [3.05, 3.63) is 59.3 Å². The molecule has 1 N–H and O–H groups in total. The molecule has 2 heterocycles. The molecule has 1 aromatic heterocycles. The molecule has 1 aromatic carbocycles. The molecule has 0 saturated heterocycles. The minimum Gasteiger partial charge on any atom is -0.478 e. The van der Waals surface area contributed by atoms with Gasteiger partial charge in [-0.2, -0.15) is 0 Å². The number of benzene rings is 1. The molecule has 1 atom stereocenters. The van der Waals surface area contributed by atoms with Crippen molar-refractivity contribution in [2.75, 3.05) is 13.2 Å². The summed E-state index contributed by atoms with van der Waals surface area (Å²) in [6.07, 6.45) is 0. The molecule has 0 aliphatic carbocycles. The second kappa shape index (κ2) is 6.70. The van der Waals surface area contributed by atoms with Crippen LogP contribution in [0.25, 0.3) is 0 Å². The number of hydrogen-bond acceptors (Lipinski definition) is 4. The van der Waals surface area contributed by atoms with E-state index in [2.05, 4.69) is 34.6 Å². The number of aromatic nitrogens is 1. The lowest BCUT2D eigenvalue weighted by Gasteiger charge is -2.26. The van der Waals surface area contributed by atoms with E-state index in [1.807, 2.05) is 25.1 Å². The van der Waals surface area contributed by atoms with E-state index in [0.717, 1.165) is 5.69 Å². The Bertz CT molecular complexity index is 601. The molecule has 0 spiro atoms. The Balaban J connectivity index is 1.67. The van der Waals surface area contributed by atoms with Gasteiger partial charge in [0.1, 0.15) is 0 Å². The third-order valence-corrected chi connectivity index (χ3v) is 3.58. The monoisotopic (exact) mass is 284 g/mol. The second-order valence-electron chi connectivity index (χ2n) is 5.05. The van der Waals surface area contributed by atoms with E-state index in [9.17, 15) is 0 Å². The van der Waals surface area contributed by atoms with Crippen LogP contribution in [0.15, 0.2) is 42.5 Å². The van der Waals surface area contributed by atoms with Crippen molar-refractivity contribution in [2.45, 2.75) is 26.1 Å². The maximum atomic E-state index is 5.65. The van der Waals surface area contributed by atoms with Crippen molar-refractivity contribution in [1.29, 1.82) is 0 Å². The molecule has 1 aliphatic rings. The third-order valence-electron chi connectivity index (χ3n) is 3.58. The van der Waals surface area contributed by atoms with E-state index in [0.29, 0.717) is 32.2 Å². The first-order valence-corrected chi connectivity index (χ1v) is 7.34. The van der Waals surface area contributed by atoms with Crippen LogP contribution >= 0.6 is 0 Å². The average Bonchev–Trinajstić information content (AvgIpc) is 2.53. The average molecular weight is 284 g/mol. The molecule has 0 radical (unpaired) electrons. The maximum absolute atomic E-state index is 5.65. The first kappa shape index (κ1) is 14.0. The zero-order chi connectivity index (χ0) is 14.5. The zero-order valence-corrected chi connectivity index (χ0v) is 12.2. The number of fused-ring (bicyclic) bond motifs is 1. The normalized spacial score (nSPS) is 17.3. The molecule has 3 rings (SSSR count). The smallest absolute Gasteiger partial charge is 0.213 e. The van der Waals surface area contributed by atoms with Crippen molar-refractivity contribution >= 4 is 0 Å². The van der Waals surface area contributed by atoms with Crippen LogP contribution < -0.4 is 10.1 Å². The van der Waals surface area contributed by atoms with Crippen LogP contribution in [0.2, 0.25) is 0 Å². The molecule has 0 fully saturated rings. The minimum atomic E-state index is 0.215. The molecule has 1 aliphatic heterocycles. The summed E-state index contributed by atoms with van der Waals surface area (Å²) in [7, 11) is 0. The van der Waals surface area contributed by atoms with Gasteiger partial charge in [0.15, 0.2) is 0 Å². The number of rotatable bonds is 5. The van der Waals surface area contributed by atoms with E-state index >= 15 is 0 Å². The predicted octanol–water partition coefficient (Wildman–Crippen LogP) is 2.84. The van der Waals surface area contributed by atoms with E-state index in [-0.39, 0.29) is 6.04 Å². The number of nitrogens with one attached hydrogen (secondary N) is 1. The Kier molecular flexibility index (Phi) is 4.48. The summed E-state index contributed by atoms with van der Waals surface area (Å²) < 4.78 is 11.1. The maximum Gasteiger partial charge on any atom is 0.213 e. The van der Waals surface area contributed by atoms with Crippen molar-refractivity contribution in [1.82, 2.24) is 10.3 Å². The minimum absolute atomic E-state index is 0.215. The Morgan fingerprint density at radius 1 is 1.24 bits per heavy atom. The van der Waals surface area contributed by atoms with Gasteiger partial charge in [0.05, 0.1) is 31.6 Å². The van der Waals surface area contributed by atoms with Crippen LogP contribution in [0.5, 0.6) is 5.88 Å². The zero-order valence-electron chi connectivity index (χ0n) is 12.2. The Morgan fingerprint density at radius 3 is 3.05 bits per heavy atom. The van der Waals surface area contributed by atoms with E-state index in [1.54, 1.807) is 0 Å². The van der Waals surface area contributed by atoms with Gasteiger partial charge in [-0.15, -0.1) is 0 Å². The lowest BCUT2D eigenvalue weighted by molar-refractivity contribution is 0.0815. The number of nitrogens with zero attached hydrogens (tertiary/aromatic N) is 1. The molecule has 2 aromatic rings. The van der Waals surface area contributed by atoms with Gasteiger partial charge in [0.25, 0.3) is 0 Å². The highest BCUT2D eigenvalue weighted by Gasteiger charge is 2.19. The first-order chi connectivity index (χ1) is 10.4. The predicted molar refractivity (Wildman–Crippen MR) is 81.1 cm³/mol. The topological polar surface area (TPSA) is 43.4 Å². The molecular weight excluding hydrogens is 264 g/mol. The van der Waals surface area contributed by atoms with E-state index < -0.39 is 0 Å². The Hall–Kier alpha value is -1.91. The fraction of sp³-hybridized carbons (Fsp3) is 0.353. The molecule has 0 amide bonds. The van der Waals surface area contributed by atoms with Gasteiger partial charge in [0, 0.05) is 12.6 Å². The number of pyridine rings is 1. The molecule has 0 saturated carbocycles. The van der Waals surface area contributed by atoms with Gasteiger partial charge in [-0.1, -0.05) is 30.3 Å². The summed E-state index contributed by atoms with van der Waals surface area (Å²) in [5, 5.41) is 3.52. The van der Waals surface area contributed by atoms with Gasteiger partial charge < -0.3 is 14.8 Å². The lowest BCUT2D eigenvalue weighted by Crippen LogP contribution is -2.29. The summed E-state index contributed by atoms with van der Waals surface area (Å²) in [4.78, 5) is 4.48. The van der Waals surface area contributed by atoms with Gasteiger partial charge >= 0.3 is 0 Å².